The first kappa shape index (κ1) is 81.4. The molecule has 12 heteroatoms. The molecule has 0 rings (SSSR count). The average molecular weight is 274 g/mol. The summed E-state index contributed by atoms with van der Waals surface area (Å²) in [6.07, 6.45) is 0. The van der Waals surface area contributed by atoms with E-state index in [9.17, 15) is 0 Å². The quantitative estimate of drug-likeness (QED) is 0.420. The van der Waals surface area contributed by atoms with Gasteiger partial charge in [0.25, 0.3) is 0 Å². The fourth-order valence-electron chi connectivity index (χ4n) is 0. The summed E-state index contributed by atoms with van der Waals surface area (Å²) in [5.41, 5.74) is 0. The van der Waals surface area contributed by atoms with Gasteiger partial charge < -0.3 is 32.9 Å². The molecule has 0 amide bonds. The number of rotatable bonds is 0. The van der Waals surface area contributed by atoms with E-state index in [-0.39, 0.29) is 52.3 Å². The van der Waals surface area contributed by atoms with E-state index in [0.29, 0.717) is 0 Å². The fraction of sp³-hybridized carbons (Fsp3) is 0. The van der Waals surface area contributed by atoms with Crippen LogP contribution in [0.1, 0.15) is 0 Å². The van der Waals surface area contributed by atoms with Crippen molar-refractivity contribution in [3.05, 3.63) is 0 Å². The summed E-state index contributed by atoms with van der Waals surface area (Å²) in [6, 6.07) is 0. The molecule has 0 aromatic heterocycles. The molecule has 0 aliphatic heterocycles. The third kappa shape index (κ3) is 3610. The van der Waals surface area contributed by atoms with Crippen molar-refractivity contribution in [3.63, 3.8) is 0 Å². The van der Waals surface area contributed by atoms with Crippen molar-refractivity contribution < 1.29 is 81.2 Å². The molecule has 0 saturated heterocycles. The molecule has 10 nitrogen and oxygen atoms in total. The van der Waals surface area contributed by atoms with Gasteiger partial charge in [0.1, 0.15) is 0 Å². The van der Waals surface area contributed by atoms with E-state index < -0.39 is 10.2 Å². The third-order valence-electron chi connectivity index (χ3n) is 0. The number of hydrogen-bond acceptors (Lipinski definition) is 4. The second-order valence-electron chi connectivity index (χ2n) is 0.396. The van der Waals surface area contributed by atoms with Gasteiger partial charge >= 0.3 is 0 Å². The second-order valence-corrected chi connectivity index (χ2v) is 1.19. The first-order chi connectivity index (χ1) is 2.00. The molecule has 0 radical (unpaired) electrons. The Labute approximate surface area is 81.8 Å². The van der Waals surface area contributed by atoms with E-state index in [2.05, 4.69) is 0 Å². The minimum Gasteiger partial charge on any atom is -0.412 e. The van der Waals surface area contributed by atoms with E-state index >= 15 is 0 Å². The maximum Gasteiger partial charge on any atom is 0.0777 e. The molecule has 82 valence electrons. The van der Waals surface area contributed by atoms with Crippen molar-refractivity contribution in [2.75, 3.05) is 0 Å². The maximum absolute atomic E-state index is 8.60. The van der Waals surface area contributed by atoms with Crippen LogP contribution in [0.25, 0.3) is 0 Å². The van der Waals surface area contributed by atoms with Gasteiger partial charge in [-0.05, 0) is 0 Å². The molecule has 0 fully saturated rings. The van der Waals surface area contributed by atoms with Crippen LogP contribution in [0.4, 0.5) is 0 Å². The Morgan fingerprint density at radius 1 is 0.667 bits per heavy atom. The molecule has 0 heterocycles. The topological polar surface area (TPSA) is 278 Å². The Bertz CT molecular complexity index is 25.3. The second kappa shape index (κ2) is 30.0. The Morgan fingerprint density at radius 3 is 0.667 bits per heavy atom. The van der Waals surface area contributed by atoms with Crippen LogP contribution in [0.5, 0.6) is 0 Å². The van der Waals surface area contributed by atoms with Gasteiger partial charge in [0, 0.05) is 19.5 Å². The summed E-state index contributed by atoms with van der Waals surface area (Å²) >= 11 is 0. The monoisotopic (exact) mass is 272 g/mol. The van der Waals surface area contributed by atoms with Crippen LogP contribution >= 0.6 is 0 Å². The molecule has 0 spiro atoms. The van der Waals surface area contributed by atoms with Crippen LogP contribution in [-0.4, -0.2) is 37.5 Å². The number of hydrogen-bond donors (Lipinski definition) is 1. The fourth-order valence-corrected chi connectivity index (χ4v) is 0. The molecule has 0 unspecified atom stereocenters. The van der Waals surface area contributed by atoms with Crippen LogP contribution in [-0.2, 0) is 19.5 Å². The molecule has 0 aliphatic rings. The summed E-state index contributed by atoms with van der Waals surface area (Å²) in [5.74, 6) is 0. The van der Waals surface area contributed by atoms with Gasteiger partial charge in [-0.25, -0.2) is 0 Å². The zero-order chi connectivity index (χ0) is 4.50. The van der Waals surface area contributed by atoms with Crippen molar-refractivity contribution in [2.45, 2.75) is 0 Å². The minimum absolute atomic E-state index is 0. The van der Waals surface area contributed by atoms with E-state index in [1.165, 1.54) is 0 Å². The van der Waals surface area contributed by atoms with Crippen LogP contribution in [0, 0.1) is 10.2 Å². The Morgan fingerprint density at radius 2 is 0.667 bits per heavy atom. The molecular formula is H13ClO10Zn. The summed E-state index contributed by atoms with van der Waals surface area (Å²) < 4.78 is 32.7. The van der Waals surface area contributed by atoms with Gasteiger partial charge in [0.15, 0.2) is 0 Å². The smallest absolute Gasteiger partial charge is 0.0777 e. The standard InChI is InChI=1S/ClHO4.6H2O.Zn/c2-1(3,4)5;;;;;;;/h(H,2,3,4,5);6*1H2;. The van der Waals surface area contributed by atoms with Crippen molar-refractivity contribution in [3.8, 4) is 0 Å². The van der Waals surface area contributed by atoms with Crippen molar-refractivity contribution in [2.24, 2.45) is 0 Å². The molecule has 0 aliphatic carbocycles. The molecule has 0 saturated carbocycles. The predicted molar refractivity (Wildman–Crippen MR) is 23.9 cm³/mol. The van der Waals surface area contributed by atoms with Gasteiger partial charge in [0.2, 0.25) is 0 Å². The van der Waals surface area contributed by atoms with Gasteiger partial charge in [0.05, 0.1) is 14.9 Å². The summed E-state index contributed by atoms with van der Waals surface area (Å²) in [5, 5.41) is 0. The van der Waals surface area contributed by atoms with Crippen molar-refractivity contribution >= 4 is 0 Å². The van der Waals surface area contributed by atoms with Crippen LogP contribution in [0.15, 0.2) is 0 Å². The largest absolute Gasteiger partial charge is 0.412 e. The Hall–Kier alpha value is 0.513. The number of halogens is 1. The van der Waals surface area contributed by atoms with Gasteiger partial charge in [-0.1, -0.05) is 0 Å². The van der Waals surface area contributed by atoms with Crippen LogP contribution in [0.3, 0.4) is 0 Å². The predicted octanol–water partition coefficient (Wildman–Crippen LogP) is -9.07. The zero-order valence-electron chi connectivity index (χ0n) is 5.76. The van der Waals surface area contributed by atoms with Crippen molar-refractivity contribution in [1.29, 1.82) is 0 Å². The molecule has 12 heavy (non-hydrogen) atoms. The molecule has 0 atom stereocenters. The van der Waals surface area contributed by atoms with Crippen LogP contribution in [0.2, 0.25) is 0 Å². The SMILES string of the molecule is O.O.O.O.O.O.[O-][Cl+3]([O-])([O-])O.[Zn]. The molecule has 0 bridgehead atoms. The molecule has 0 aromatic rings. The summed E-state index contributed by atoms with van der Waals surface area (Å²) in [4.78, 5) is 0. The van der Waals surface area contributed by atoms with Gasteiger partial charge in [-0.2, -0.15) is 14.0 Å². The maximum atomic E-state index is 8.60. The van der Waals surface area contributed by atoms with E-state index in [4.69, 9.17) is 18.6 Å². The van der Waals surface area contributed by atoms with E-state index in [1.807, 2.05) is 0 Å². The van der Waals surface area contributed by atoms with E-state index in [0.717, 1.165) is 0 Å². The minimum atomic E-state index is -4.69. The van der Waals surface area contributed by atoms with E-state index in [1.54, 1.807) is 0 Å². The first-order valence-electron chi connectivity index (χ1n) is 0.632. The van der Waals surface area contributed by atoms with Gasteiger partial charge in [-0.15, -0.1) is 0 Å². The molecule has 0 aromatic carbocycles. The van der Waals surface area contributed by atoms with Crippen molar-refractivity contribution in [1.82, 2.24) is 0 Å². The average Bonchev–Trinajstić information content (AvgIpc) is 0.722. The van der Waals surface area contributed by atoms with Crippen LogP contribution < -0.4 is 14.0 Å². The Balaban J connectivity index is -0.00000000381. The first-order valence-corrected chi connectivity index (χ1v) is 1.90. The Kier molecular flexibility index (Phi) is 204. The zero-order valence-corrected chi connectivity index (χ0v) is 9.48. The molecule has 13 N–H and O–H groups in total. The third-order valence-corrected chi connectivity index (χ3v) is 0. The summed E-state index contributed by atoms with van der Waals surface area (Å²) in [7, 11) is -4.69. The van der Waals surface area contributed by atoms with Gasteiger partial charge in [-0.3, -0.25) is 0 Å². The summed E-state index contributed by atoms with van der Waals surface area (Å²) in [6.45, 7) is 0. The normalized spacial score (nSPS) is 5.00. The molecular weight excluding hydrogens is 261 g/mol.